The number of ether oxygens (including phenoxy) is 1. The Morgan fingerprint density at radius 2 is 1.63 bits per heavy atom. The summed E-state index contributed by atoms with van der Waals surface area (Å²) < 4.78 is 11.2. The van der Waals surface area contributed by atoms with E-state index in [0.717, 1.165) is 31.7 Å². The van der Waals surface area contributed by atoms with Gasteiger partial charge in [-0.05, 0) is 23.8 Å². The summed E-state index contributed by atoms with van der Waals surface area (Å²) in [6.07, 6.45) is 5.27. The summed E-state index contributed by atoms with van der Waals surface area (Å²) >= 11 is 0. The largest absolute Gasteiger partial charge is 0.482 e. The normalized spacial score (nSPS) is 14.9. The van der Waals surface area contributed by atoms with E-state index in [1.54, 1.807) is 6.07 Å². The summed E-state index contributed by atoms with van der Waals surface area (Å²) in [5, 5.41) is 0. The second kappa shape index (κ2) is 9.94. The number of para-hydroxylation sites is 1. The molecule has 1 fully saturated rings. The number of anilines is 1. The molecule has 0 radical (unpaired) electrons. The summed E-state index contributed by atoms with van der Waals surface area (Å²) in [4.78, 5) is 17.0. The average molecular weight is 402 g/mol. The van der Waals surface area contributed by atoms with Crippen LogP contribution in [0.4, 0.5) is 5.69 Å². The molecule has 0 spiro atoms. The van der Waals surface area contributed by atoms with Crippen LogP contribution in [-0.2, 0) is 6.54 Å². The smallest absolute Gasteiger partial charge is 0.227 e. The van der Waals surface area contributed by atoms with E-state index in [9.17, 15) is 4.79 Å². The first-order chi connectivity index (χ1) is 14.8. The van der Waals surface area contributed by atoms with Gasteiger partial charge >= 0.3 is 0 Å². The van der Waals surface area contributed by atoms with Gasteiger partial charge in [0.25, 0.3) is 0 Å². The number of benzene rings is 2. The Kier molecular flexibility index (Phi) is 6.62. The molecule has 3 aromatic rings. The Morgan fingerprint density at radius 3 is 2.33 bits per heavy atom. The number of rotatable bonds is 7. The van der Waals surface area contributed by atoms with Crippen LogP contribution in [0.25, 0.3) is 6.08 Å². The van der Waals surface area contributed by atoms with E-state index < -0.39 is 0 Å². The molecule has 0 bridgehead atoms. The van der Waals surface area contributed by atoms with E-state index >= 15 is 0 Å². The third-order valence-electron chi connectivity index (χ3n) is 5.17. The van der Waals surface area contributed by atoms with Crippen molar-refractivity contribution in [3.63, 3.8) is 0 Å². The zero-order valence-corrected chi connectivity index (χ0v) is 16.9. The molecule has 2 heterocycles. The molecular weight excluding hydrogens is 376 g/mol. The van der Waals surface area contributed by atoms with Gasteiger partial charge in [0, 0.05) is 37.9 Å². The van der Waals surface area contributed by atoms with Crippen LogP contribution in [-0.4, -0.2) is 37.7 Å². The van der Waals surface area contributed by atoms with E-state index in [2.05, 4.69) is 34.1 Å². The molecule has 0 amide bonds. The highest BCUT2D eigenvalue weighted by molar-refractivity contribution is 5.48. The minimum atomic E-state index is -0.146. The number of hydrogen-bond acceptors (Lipinski definition) is 5. The Morgan fingerprint density at radius 1 is 0.933 bits per heavy atom. The number of nitrogens with zero attached hydrogens (tertiary/aromatic N) is 2. The first-order valence-corrected chi connectivity index (χ1v) is 10.3. The summed E-state index contributed by atoms with van der Waals surface area (Å²) in [6, 6.07) is 22.0. The molecule has 5 nitrogen and oxygen atoms in total. The van der Waals surface area contributed by atoms with E-state index in [4.69, 9.17) is 9.15 Å². The SMILES string of the molecule is O=c1cc(CN2CCN(c3ccccc3)CC2)occ1OC/C=C/c1ccccc1. The van der Waals surface area contributed by atoms with Gasteiger partial charge in [-0.15, -0.1) is 0 Å². The third-order valence-corrected chi connectivity index (χ3v) is 5.17. The average Bonchev–Trinajstić information content (AvgIpc) is 2.80. The monoisotopic (exact) mass is 402 g/mol. The molecule has 0 aliphatic carbocycles. The van der Waals surface area contributed by atoms with Gasteiger partial charge in [0.1, 0.15) is 18.6 Å². The molecule has 2 aromatic carbocycles. The number of hydrogen-bond donors (Lipinski definition) is 0. The molecule has 0 N–H and O–H groups in total. The second-order valence-corrected chi connectivity index (χ2v) is 7.30. The Hall–Kier alpha value is -3.31. The predicted octanol–water partition coefficient (Wildman–Crippen LogP) is 4.05. The van der Waals surface area contributed by atoms with Crippen molar-refractivity contribution in [2.75, 3.05) is 37.7 Å². The van der Waals surface area contributed by atoms with Gasteiger partial charge in [-0.2, -0.15) is 0 Å². The van der Waals surface area contributed by atoms with Crippen LogP contribution in [0.15, 0.2) is 88.3 Å². The van der Waals surface area contributed by atoms with Gasteiger partial charge in [-0.3, -0.25) is 9.69 Å². The van der Waals surface area contributed by atoms with Crippen LogP contribution in [0, 0.1) is 0 Å². The number of piperazine rings is 1. The molecule has 1 aromatic heterocycles. The van der Waals surface area contributed by atoms with E-state index in [0.29, 0.717) is 18.9 Å². The fraction of sp³-hybridized carbons (Fsp3) is 0.240. The van der Waals surface area contributed by atoms with Gasteiger partial charge in [0.2, 0.25) is 11.2 Å². The Bertz CT molecular complexity index is 1010. The topological polar surface area (TPSA) is 45.9 Å². The summed E-state index contributed by atoms with van der Waals surface area (Å²) in [6.45, 7) is 4.74. The maximum atomic E-state index is 12.3. The van der Waals surface area contributed by atoms with E-state index in [1.807, 2.05) is 48.6 Å². The first kappa shape index (κ1) is 20.0. The highest BCUT2D eigenvalue weighted by atomic mass is 16.5. The van der Waals surface area contributed by atoms with Crippen LogP contribution in [0.2, 0.25) is 0 Å². The molecule has 0 atom stereocenters. The first-order valence-electron chi connectivity index (χ1n) is 10.3. The zero-order chi connectivity index (χ0) is 20.6. The lowest BCUT2D eigenvalue weighted by molar-refractivity contribution is 0.226. The van der Waals surface area contributed by atoms with Crippen LogP contribution < -0.4 is 15.1 Å². The zero-order valence-electron chi connectivity index (χ0n) is 16.9. The summed E-state index contributed by atoms with van der Waals surface area (Å²) in [5.41, 5.74) is 2.20. The summed E-state index contributed by atoms with van der Waals surface area (Å²) in [7, 11) is 0. The minimum Gasteiger partial charge on any atom is -0.482 e. The molecule has 0 unspecified atom stereocenters. The van der Waals surface area contributed by atoms with Gasteiger partial charge < -0.3 is 14.1 Å². The van der Waals surface area contributed by atoms with Gasteiger partial charge in [-0.25, -0.2) is 0 Å². The quantitative estimate of drug-likeness (QED) is 0.597. The third kappa shape index (κ3) is 5.39. The standard InChI is InChI=1S/C25H26N2O3/c28-24-18-23(19-26-13-15-27(16-14-26)22-11-5-2-6-12-22)30-20-25(24)29-17-7-10-21-8-3-1-4-9-21/h1-12,18,20H,13-17,19H2/b10-7+. The van der Waals surface area contributed by atoms with Crippen molar-refractivity contribution < 1.29 is 9.15 Å². The van der Waals surface area contributed by atoms with Crippen molar-refractivity contribution in [1.82, 2.24) is 4.90 Å². The van der Waals surface area contributed by atoms with Crippen molar-refractivity contribution in [2.24, 2.45) is 0 Å². The summed E-state index contributed by atoms with van der Waals surface area (Å²) in [5.74, 6) is 0.908. The molecule has 5 heteroatoms. The van der Waals surface area contributed by atoms with Gasteiger partial charge in [-0.1, -0.05) is 54.6 Å². The molecular formula is C25H26N2O3. The molecule has 1 aliphatic rings. The van der Waals surface area contributed by atoms with Crippen molar-refractivity contribution in [3.05, 3.63) is 101 Å². The maximum Gasteiger partial charge on any atom is 0.227 e. The van der Waals surface area contributed by atoms with Crippen LogP contribution in [0.3, 0.4) is 0 Å². The lowest BCUT2D eigenvalue weighted by atomic mass is 10.2. The fourth-order valence-corrected chi connectivity index (χ4v) is 3.54. The van der Waals surface area contributed by atoms with Crippen LogP contribution in [0.5, 0.6) is 5.75 Å². The lowest BCUT2D eigenvalue weighted by Gasteiger charge is -2.35. The predicted molar refractivity (Wildman–Crippen MR) is 120 cm³/mol. The highest BCUT2D eigenvalue weighted by Crippen LogP contribution is 2.17. The Balaban J connectivity index is 1.26. The van der Waals surface area contributed by atoms with Gasteiger partial charge in [0.15, 0.2) is 0 Å². The van der Waals surface area contributed by atoms with Crippen molar-refractivity contribution in [3.8, 4) is 5.75 Å². The highest BCUT2D eigenvalue weighted by Gasteiger charge is 2.18. The van der Waals surface area contributed by atoms with Crippen LogP contribution in [0.1, 0.15) is 11.3 Å². The molecule has 4 rings (SSSR count). The van der Waals surface area contributed by atoms with Crippen molar-refractivity contribution >= 4 is 11.8 Å². The van der Waals surface area contributed by atoms with Gasteiger partial charge in [0.05, 0.1) is 6.54 Å². The molecule has 1 saturated heterocycles. The van der Waals surface area contributed by atoms with Crippen molar-refractivity contribution in [2.45, 2.75) is 6.54 Å². The second-order valence-electron chi connectivity index (χ2n) is 7.30. The lowest BCUT2D eigenvalue weighted by Crippen LogP contribution is -2.46. The molecule has 0 saturated carbocycles. The minimum absolute atomic E-state index is 0.146. The van der Waals surface area contributed by atoms with Crippen molar-refractivity contribution in [1.29, 1.82) is 0 Å². The molecule has 1 aliphatic heterocycles. The fourth-order valence-electron chi connectivity index (χ4n) is 3.54. The molecule has 30 heavy (non-hydrogen) atoms. The Labute approximate surface area is 176 Å². The maximum absolute atomic E-state index is 12.3. The van der Waals surface area contributed by atoms with Crippen LogP contribution >= 0.6 is 0 Å². The molecule has 154 valence electrons. The van der Waals surface area contributed by atoms with E-state index in [-0.39, 0.29) is 11.2 Å². The van der Waals surface area contributed by atoms with E-state index in [1.165, 1.54) is 12.0 Å².